The predicted molar refractivity (Wildman–Crippen MR) is 61.9 cm³/mol. The number of primary amides is 2. The number of aliphatic hydroxyl groups is 3. The van der Waals surface area contributed by atoms with E-state index in [2.05, 4.69) is 28.7 Å². The van der Waals surface area contributed by atoms with E-state index >= 15 is 0 Å². The predicted octanol–water partition coefficient (Wildman–Crippen LogP) is -5.22. The van der Waals surface area contributed by atoms with Crippen LogP contribution in [-0.4, -0.2) is 56.2 Å². The number of carbonyl (C=O) groups excluding carboxylic acids is 1. The molecular weight excluding hydrogens is 277 g/mol. The fraction of sp³-hybridized carbons (Fsp3) is 0.750. The highest BCUT2D eigenvalue weighted by Gasteiger charge is 2.00. The van der Waals surface area contributed by atoms with Gasteiger partial charge in [0.2, 0.25) is 0 Å². The van der Waals surface area contributed by atoms with Gasteiger partial charge >= 0.3 is 13.9 Å². The summed E-state index contributed by atoms with van der Waals surface area (Å²) in [7, 11) is -4.64. The van der Waals surface area contributed by atoms with Crippen molar-refractivity contribution >= 4 is 13.9 Å². The molecule has 0 atom stereocenters. The molecule has 0 aromatic carbocycles. The molecular formula is C4H22N5O8P. The van der Waals surface area contributed by atoms with Gasteiger partial charge in [-0.25, -0.2) is 9.36 Å². The van der Waals surface area contributed by atoms with E-state index in [1.807, 2.05) is 0 Å². The lowest BCUT2D eigenvalue weighted by molar-refractivity contribution is 0.256. The molecule has 0 aliphatic carbocycles. The molecule has 2 amide bonds. The fourth-order valence-electron chi connectivity index (χ4n) is 0. The first-order valence-corrected chi connectivity index (χ1v) is 5.30. The molecule has 0 aromatic heterocycles. The molecule has 0 saturated carbocycles. The standard InChI is InChI=1S/CH4N2O.3CH5NO.H3O4P/c2-1(3)4;3*2-1-3;1-5(2,3)4/h(H4,2,3,4);3*3H,1-2H2;(H3,1,2,3,4). The molecule has 0 saturated heterocycles. The highest BCUT2D eigenvalue weighted by Crippen LogP contribution is 2.25. The van der Waals surface area contributed by atoms with E-state index in [-0.39, 0.29) is 20.2 Å². The Morgan fingerprint density at radius 1 is 0.833 bits per heavy atom. The quantitative estimate of drug-likeness (QED) is 0.148. The van der Waals surface area contributed by atoms with Crippen LogP contribution in [0.1, 0.15) is 0 Å². The van der Waals surface area contributed by atoms with E-state index < -0.39 is 13.9 Å². The number of nitrogens with two attached hydrogens (primary N) is 5. The van der Waals surface area contributed by atoms with Gasteiger partial charge in [-0.1, -0.05) is 0 Å². The second-order valence-corrected chi connectivity index (χ2v) is 2.49. The van der Waals surface area contributed by atoms with Crippen molar-refractivity contribution in [3.63, 3.8) is 0 Å². The molecule has 14 heteroatoms. The summed E-state index contributed by atoms with van der Waals surface area (Å²) in [5, 5.41) is 22.0. The third-order valence-corrected chi connectivity index (χ3v) is 0. The molecule has 0 aromatic rings. The second kappa shape index (κ2) is 29.8. The minimum Gasteiger partial charge on any atom is -0.382 e. The van der Waals surface area contributed by atoms with Gasteiger partial charge in [-0.15, -0.1) is 0 Å². The van der Waals surface area contributed by atoms with E-state index in [1.54, 1.807) is 0 Å². The number of phosphoric acid groups is 1. The molecule has 0 bridgehead atoms. The molecule has 0 fully saturated rings. The average molecular weight is 299 g/mol. The third kappa shape index (κ3) is 4090. The van der Waals surface area contributed by atoms with Crippen molar-refractivity contribution in [2.75, 3.05) is 20.2 Å². The maximum atomic E-state index is 9.00. The van der Waals surface area contributed by atoms with Crippen molar-refractivity contribution in [3.8, 4) is 0 Å². The molecule has 0 aliphatic rings. The monoisotopic (exact) mass is 299 g/mol. The minimum atomic E-state index is -4.64. The molecule has 0 heterocycles. The summed E-state index contributed by atoms with van der Waals surface area (Å²) in [5.74, 6) is 0. The van der Waals surface area contributed by atoms with Gasteiger partial charge in [0.15, 0.2) is 0 Å². The van der Waals surface area contributed by atoms with Gasteiger partial charge in [0.25, 0.3) is 0 Å². The molecule has 0 unspecified atom stereocenters. The van der Waals surface area contributed by atoms with Crippen LogP contribution in [0.2, 0.25) is 0 Å². The Kier molecular flexibility index (Phi) is 50.2. The van der Waals surface area contributed by atoms with Gasteiger partial charge in [0, 0.05) is 0 Å². The van der Waals surface area contributed by atoms with E-state index in [4.69, 9.17) is 39.4 Å². The Morgan fingerprint density at radius 2 is 0.833 bits per heavy atom. The number of hydrogen-bond acceptors (Lipinski definition) is 8. The van der Waals surface area contributed by atoms with Crippen molar-refractivity contribution in [1.29, 1.82) is 0 Å². The normalized spacial score (nSPS) is 7.61. The van der Waals surface area contributed by atoms with Crippen LogP contribution in [-0.2, 0) is 4.57 Å². The van der Waals surface area contributed by atoms with Gasteiger partial charge in [-0.2, -0.15) is 0 Å². The molecule has 16 N–H and O–H groups in total. The Labute approximate surface area is 103 Å². The zero-order chi connectivity index (χ0) is 16.2. The van der Waals surface area contributed by atoms with Crippen LogP contribution in [0.15, 0.2) is 0 Å². The van der Waals surface area contributed by atoms with Crippen molar-refractivity contribution in [1.82, 2.24) is 0 Å². The Morgan fingerprint density at radius 3 is 0.833 bits per heavy atom. The molecule has 0 rings (SSSR count). The lowest BCUT2D eigenvalue weighted by atomic mass is 11.2. The zero-order valence-corrected chi connectivity index (χ0v) is 10.3. The highest BCUT2D eigenvalue weighted by molar-refractivity contribution is 7.45. The van der Waals surface area contributed by atoms with Crippen LogP contribution in [0.25, 0.3) is 0 Å². The summed E-state index contributed by atoms with van der Waals surface area (Å²) < 4.78 is 8.88. The third-order valence-electron chi connectivity index (χ3n) is 0. The van der Waals surface area contributed by atoms with E-state index in [0.717, 1.165) is 0 Å². The van der Waals surface area contributed by atoms with Crippen molar-refractivity contribution in [3.05, 3.63) is 0 Å². The van der Waals surface area contributed by atoms with Crippen molar-refractivity contribution in [2.45, 2.75) is 0 Å². The van der Waals surface area contributed by atoms with Crippen molar-refractivity contribution < 1.29 is 39.4 Å². The lowest BCUT2D eigenvalue weighted by Crippen LogP contribution is -2.18. The summed E-state index contributed by atoms with van der Waals surface area (Å²) in [6, 6.07) is -0.833. The second-order valence-electron chi connectivity index (χ2n) is 1.46. The molecule has 0 spiro atoms. The van der Waals surface area contributed by atoms with Gasteiger partial charge in [0.05, 0.1) is 20.2 Å². The maximum Gasteiger partial charge on any atom is 0.466 e. The number of urea groups is 1. The van der Waals surface area contributed by atoms with Gasteiger partial charge < -0.3 is 58.7 Å². The maximum absolute atomic E-state index is 9.00. The number of amides is 2. The summed E-state index contributed by atoms with van der Waals surface area (Å²) in [4.78, 5) is 30.6. The molecule has 18 heavy (non-hydrogen) atoms. The zero-order valence-electron chi connectivity index (χ0n) is 9.46. The van der Waals surface area contributed by atoms with Gasteiger partial charge in [-0.3, -0.25) is 0 Å². The van der Waals surface area contributed by atoms with Crippen LogP contribution >= 0.6 is 7.82 Å². The first-order valence-electron chi connectivity index (χ1n) is 3.74. The smallest absolute Gasteiger partial charge is 0.382 e. The topological polar surface area (TPSA) is 286 Å². The lowest BCUT2D eigenvalue weighted by Gasteiger charge is -1.82. The number of hydrogen-bond donors (Lipinski definition) is 11. The van der Waals surface area contributed by atoms with E-state index in [1.165, 1.54) is 0 Å². The molecule has 0 aliphatic heterocycles. The number of rotatable bonds is 0. The van der Waals surface area contributed by atoms with Crippen LogP contribution < -0.4 is 28.7 Å². The van der Waals surface area contributed by atoms with Gasteiger partial charge in [-0.05, 0) is 0 Å². The summed E-state index contributed by atoms with van der Waals surface area (Å²) in [6.07, 6.45) is 0. The first kappa shape index (κ1) is 30.3. The largest absolute Gasteiger partial charge is 0.466 e. The summed E-state index contributed by atoms with van der Waals surface area (Å²) in [6.45, 7) is -0.750. The highest BCUT2D eigenvalue weighted by atomic mass is 31.2. The molecule has 116 valence electrons. The van der Waals surface area contributed by atoms with E-state index in [9.17, 15) is 0 Å². The Bertz CT molecular complexity index is 160. The molecule has 0 radical (unpaired) electrons. The Hall–Kier alpha value is -0.860. The molecule has 13 nitrogen and oxygen atoms in total. The summed E-state index contributed by atoms with van der Waals surface area (Å²) in [5.41, 5.74) is 21.7. The van der Waals surface area contributed by atoms with E-state index in [0.29, 0.717) is 0 Å². The Balaban J connectivity index is -0.0000000400. The van der Waals surface area contributed by atoms with Crippen LogP contribution in [0, 0.1) is 0 Å². The number of aliphatic hydroxyl groups excluding tert-OH is 3. The summed E-state index contributed by atoms with van der Waals surface area (Å²) >= 11 is 0. The average Bonchev–Trinajstić information content (AvgIpc) is 2.01. The van der Waals surface area contributed by atoms with Crippen LogP contribution in [0.4, 0.5) is 4.79 Å². The fourth-order valence-corrected chi connectivity index (χ4v) is 0. The van der Waals surface area contributed by atoms with Gasteiger partial charge in [0.1, 0.15) is 0 Å². The van der Waals surface area contributed by atoms with Crippen LogP contribution in [0.5, 0.6) is 0 Å². The number of carbonyl (C=O) groups is 1. The SMILES string of the molecule is NC(N)=O.NCO.NCO.NCO.O=P(O)(O)O. The van der Waals surface area contributed by atoms with Crippen molar-refractivity contribution in [2.24, 2.45) is 28.7 Å². The van der Waals surface area contributed by atoms with Crippen LogP contribution in [0.3, 0.4) is 0 Å². The minimum absolute atomic E-state index is 0.250. The first-order chi connectivity index (χ1) is 7.97.